The van der Waals surface area contributed by atoms with E-state index >= 15 is 0 Å². The topological polar surface area (TPSA) is 17.1 Å². The summed E-state index contributed by atoms with van der Waals surface area (Å²) in [7, 11) is 0. The molecule has 0 heterocycles. The molecule has 0 aromatic heterocycles. The minimum absolute atomic E-state index is 0.229. The van der Waals surface area contributed by atoms with Crippen LogP contribution in [-0.4, -0.2) is 5.78 Å². The van der Waals surface area contributed by atoms with Gasteiger partial charge in [-0.1, -0.05) is 44.1 Å². The minimum Gasteiger partial charge on any atom is -0.300 e. The molecule has 16 heavy (non-hydrogen) atoms. The second kappa shape index (κ2) is 7.43. The van der Waals surface area contributed by atoms with Crippen LogP contribution in [-0.2, 0) is 4.79 Å². The number of allylic oxidation sites excluding steroid dienone is 4. The normalized spacial score (nSPS) is 25.1. The van der Waals surface area contributed by atoms with Gasteiger partial charge in [0.15, 0.2) is 0 Å². The second-order valence-electron chi connectivity index (χ2n) is 4.72. The van der Waals surface area contributed by atoms with Crippen LogP contribution in [0.15, 0.2) is 24.3 Å². The third kappa shape index (κ3) is 4.34. The fourth-order valence-electron chi connectivity index (χ4n) is 2.29. The predicted octanol–water partition coefficient (Wildman–Crippen LogP) is 4.29. The maximum Gasteiger partial charge on any atom is 0.133 e. The molecule has 2 atom stereocenters. The van der Waals surface area contributed by atoms with E-state index in [1.807, 2.05) is 0 Å². The first-order valence-electron chi connectivity index (χ1n) is 6.59. The molecule has 90 valence electrons. The lowest BCUT2D eigenvalue weighted by atomic mass is 9.81. The van der Waals surface area contributed by atoms with Crippen molar-refractivity contribution in [3.63, 3.8) is 0 Å². The lowest BCUT2D eigenvalue weighted by Crippen LogP contribution is -2.21. The molecule has 0 fully saturated rings. The first-order chi connectivity index (χ1) is 7.75. The number of carbonyl (C=O) groups excluding carboxylic acids is 1. The summed E-state index contributed by atoms with van der Waals surface area (Å²) >= 11 is 0. The molecule has 1 nitrogen and oxygen atoms in total. The Hall–Kier alpha value is -0.850. The summed E-state index contributed by atoms with van der Waals surface area (Å²) in [5.74, 6) is 0.924. The molecule has 1 heteroatoms. The first kappa shape index (κ1) is 13.2. The molecule has 0 saturated carbocycles. The van der Waals surface area contributed by atoms with Crippen LogP contribution in [0.2, 0.25) is 0 Å². The fraction of sp³-hybridized carbons (Fsp3) is 0.667. The number of rotatable bonds is 6. The summed E-state index contributed by atoms with van der Waals surface area (Å²) in [5.41, 5.74) is 0. The Morgan fingerprint density at radius 3 is 2.94 bits per heavy atom. The van der Waals surface area contributed by atoms with Gasteiger partial charge in [0, 0.05) is 11.8 Å². The first-order valence-corrected chi connectivity index (χ1v) is 6.59. The van der Waals surface area contributed by atoms with Crippen LogP contribution in [0.3, 0.4) is 0 Å². The van der Waals surface area contributed by atoms with Crippen LogP contribution in [0.4, 0.5) is 0 Å². The Kier molecular flexibility index (Phi) is 6.14. The van der Waals surface area contributed by atoms with Crippen molar-refractivity contribution in [1.29, 1.82) is 0 Å². The zero-order chi connectivity index (χ0) is 11.8. The average molecular weight is 220 g/mol. The highest BCUT2D eigenvalue weighted by Crippen LogP contribution is 2.26. The van der Waals surface area contributed by atoms with Gasteiger partial charge in [-0.05, 0) is 32.6 Å². The van der Waals surface area contributed by atoms with E-state index in [-0.39, 0.29) is 5.92 Å². The minimum atomic E-state index is 0.229. The van der Waals surface area contributed by atoms with E-state index in [9.17, 15) is 4.79 Å². The average Bonchev–Trinajstić information content (AvgIpc) is 2.29. The van der Waals surface area contributed by atoms with Gasteiger partial charge < -0.3 is 0 Å². The van der Waals surface area contributed by atoms with E-state index in [0.717, 1.165) is 19.3 Å². The van der Waals surface area contributed by atoms with Crippen LogP contribution in [0.1, 0.15) is 52.4 Å². The van der Waals surface area contributed by atoms with Gasteiger partial charge >= 0.3 is 0 Å². The molecule has 0 radical (unpaired) electrons. The molecule has 0 aromatic carbocycles. The SMILES string of the molecule is CCCCC/C=C\[C@@H]1C=CCC[C@H]1C(C)=O. The lowest BCUT2D eigenvalue weighted by molar-refractivity contribution is -0.121. The summed E-state index contributed by atoms with van der Waals surface area (Å²) in [6, 6.07) is 0. The van der Waals surface area contributed by atoms with E-state index in [4.69, 9.17) is 0 Å². The molecule has 0 spiro atoms. The molecular formula is C15H24O. The second-order valence-corrected chi connectivity index (χ2v) is 4.72. The van der Waals surface area contributed by atoms with Crippen molar-refractivity contribution in [3.8, 4) is 0 Å². The van der Waals surface area contributed by atoms with Crippen molar-refractivity contribution >= 4 is 5.78 Å². The molecule has 1 rings (SSSR count). The van der Waals surface area contributed by atoms with Gasteiger partial charge in [-0.25, -0.2) is 0 Å². The van der Waals surface area contributed by atoms with Crippen molar-refractivity contribution in [2.75, 3.05) is 0 Å². The van der Waals surface area contributed by atoms with Gasteiger partial charge in [0.25, 0.3) is 0 Å². The summed E-state index contributed by atoms with van der Waals surface area (Å²) in [5, 5.41) is 0. The van der Waals surface area contributed by atoms with E-state index in [1.54, 1.807) is 6.92 Å². The van der Waals surface area contributed by atoms with Crippen molar-refractivity contribution in [1.82, 2.24) is 0 Å². The fourth-order valence-corrected chi connectivity index (χ4v) is 2.29. The van der Waals surface area contributed by atoms with E-state index < -0.39 is 0 Å². The highest BCUT2D eigenvalue weighted by Gasteiger charge is 2.22. The predicted molar refractivity (Wildman–Crippen MR) is 69.3 cm³/mol. The van der Waals surface area contributed by atoms with E-state index in [2.05, 4.69) is 31.2 Å². The molecule has 0 saturated heterocycles. The Morgan fingerprint density at radius 1 is 1.44 bits per heavy atom. The number of unbranched alkanes of at least 4 members (excludes halogenated alkanes) is 3. The largest absolute Gasteiger partial charge is 0.300 e. The van der Waals surface area contributed by atoms with Crippen molar-refractivity contribution < 1.29 is 4.79 Å². The van der Waals surface area contributed by atoms with Crippen LogP contribution in [0.5, 0.6) is 0 Å². The third-order valence-electron chi connectivity index (χ3n) is 3.32. The van der Waals surface area contributed by atoms with Crippen LogP contribution in [0.25, 0.3) is 0 Å². The number of ketones is 1. The molecular weight excluding hydrogens is 196 g/mol. The highest BCUT2D eigenvalue weighted by atomic mass is 16.1. The van der Waals surface area contributed by atoms with Crippen LogP contribution in [0, 0.1) is 11.8 Å². The number of hydrogen-bond donors (Lipinski definition) is 0. The molecule has 0 N–H and O–H groups in total. The highest BCUT2D eigenvalue weighted by molar-refractivity contribution is 5.79. The Labute approximate surface area is 99.6 Å². The van der Waals surface area contributed by atoms with Gasteiger partial charge in [-0.15, -0.1) is 0 Å². The Balaban J connectivity index is 2.40. The van der Waals surface area contributed by atoms with Gasteiger partial charge in [0.05, 0.1) is 0 Å². The summed E-state index contributed by atoms with van der Waals surface area (Å²) < 4.78 is 0. The number of Topliss-reactive ketones (excluding diaryl/α,β-unsaturated/α-hetero) is 1. The van der Waals surface area contributed by atoms with Crippen LogP contribution >= 0.6 is 0 Å². The standard InChI is InChI=1S/C15H24O/c1-3-4-5-6-7-10-14-11-8-9-12-15(14)13(2)16/h7-8,10-11,14-15H,3-6,9,12H2,1-2H3/b10-7-/t14-,15+/m1/s1. The van der Waals surface area contributed by atoms with Crippen LogP contribution < -0.4 is 0 Å². The smallest absolute Gasteiger partial charge is 0.133 e. The molecule has 0 aromatic rings. The zero-order valence-corrected chi connectivity index (χ0v) is 10.6. The van der Waals surface area contributed by atoms with Gasteiger partial charge in [0.1, 0.15) is 5.78 Å². The number of carbonyl (C=O) groups is 1. The van der Waals surface area contributed by atoms with Crippen molar-refractivity contribution in [3.05, 3.63) is 24.3 Å². The van der Waals surface area contributed by atoms with Crippen molar-refractivity contribution in [2.45, 2.75) is 52.4 Å². The summed E-state index contributed by atoms with van der Waals surface area (Å²) in [4.78, 5) is 11.5. The molecule has 0 bridgehead atoms. The van der Waals surface area contributed by atoms with Gasteiger partial charge in [-0.3, -0.25) is 4.79 Å². The maximum absolute atomic E-state index is 11.5. The summed E-state index contributed by atoms with van der Waals surface area (Å²) in [6.45, 7) is 3.95. The maximum atomic E-state index is 11.5. The monoisotopic (exact) mass is 220 g/mol. The van der Waals surface area contributed by atoms with Gasteiger partial charge in [0.2, 0.25) is 0 Å². The molecule has 1 aliphatic rings. The molecule has 0 amide bonds. The quantitative estimate of drug-likeness (QED) is 0.482. The Bertz CT molecular complexity index is 263. The molecule has 0 aliphatic heterocycles. The molecule has 1 aliphatic carbocycles. The Morgan fingerprint density at radius 2 is 2.25 bits per heavy atom. The molecule has 0 unspecified atom stereocenters. The number of hydrogen-bond acceptors (Lipinski definition) is 1. The zero-order valence-electron chi connectivity index (χ0n) is 10.6. The van der Waals surface area contributed by atoms with E-state index in [0.29, 0.717) is 11.7 Å². The third-order valence-corrected chi connectivity index (χ3v) is 3.32. The van der Waals surface area contributed by atoms with Gasteiger partial charge in [-0.2, -0.15) is 0 Å². The van der Waals surface area contributed by atoms with Crippen molar-refractivity contribution in [2.24, 2.45) is 11.8 Å². The summed E-state index contributed by atoms with van der Waals surface area (Å²) in [6.07, 6.45) is 16.0. The van der Waals surface area contributed by atoms with E-state index in [1.165, 1.54) is 19.3 Å². The lowest BCUT2D eigenvalue weighted by Gasteiger charge is -2.22.